The number of amides is 2. The molecular weight excluding hydrogens is 460 g/mol. The lowest BCUT2D eigenvalue weighted by molar-refractivity contribution is -0.125. The first-order chi connectivity index (χ1) is 17.5. The van der Waals surface area contributed by atoms with E-state index in [1.807, 2.05) is 12.1 Å². The number of benzene rings is 1. The summed E-state index contributed by atoms with van der Waals surface area (Å²) < 4.78 is 11.4. The summed E-state index contributed by atoms with van der Waals surface area (Å²) in [6.07, 6.45) is 3.12. The van der Waals surface area contributed by atoms with E-state index in [1.165, 1.54) is 6.20 Å². The van der Waals surface area contributed by atoms with Crippen LogP contribution in [-0.4, -0.2) is 47.0 Å². The molecule has 2 N–H and O–H groups in total. The van der Waals surface area contributed by atoms with E-state index in [4.69, 9.17) is 9.15 Å². The number of pyridine rings is 2. The van der Waals surface area contributed by atoms with E-state index >= 15 is 0 Å². The maximum atomic E-state index is 13.2. The predicted molar refractivity (Wildman–Crippen MR) is 128 cm³/mol. The van der Waals surface area contributed by atoms with Crippen LogP contribution in [0.3, 0.4) is 0 Å². The number of nitrogens with one attached hydrogen (secondary N) is 2. The van der Waals surface area contributed by atoms with Crippen LogP contribution in [0.25, 0.3) is 22.4 Å². The fourth-order valence-electron chi connectivity index (χ4n) is 4.73. The maximum Gasteiger partial charge on any atom is 0.254 e. The minimum absolute atomic E-state index is 0.0788. The maximum absolute atomic E-state index is 13.2. The van der Waals surface area contributed by atoms with E-state index in [0.29, 0.717) is 51.5 Å². The fourth-order valence-corrected chi connectivity index (χ4v) is 4.73. The molecule has 0 saturated carbocycles. The molecule has 1 atom stereocenters. The van der Waals surface area contributed by atoms with Gasteiger partial charge in [-0.15, -0.1) is 0 Å². The van der Waals surface area contributed by atoms with Gasteiger partial charge in [0, 0.05) is 36.1 Å². The third kappa shape index (κ3) is 3.37. The van der Waals surface area contributed by atoms with Crippen molar-refractivity contribution in [3.63, 3.8) is 0 Å². The second-order valence-corrected chi connectivity index (χ2v) is 8.71. The summed E-state index contributed by atoms with van der Waals surface area (Å²) in [6, 6.07) is 14.4. The molecule has 1 unspecified atom stereocenters. The summed E-state index contributed by atoms with van der Waals surface area (Å²) in [7, 11) is 1.55. The quantitative estimate of drug-likeness (QED) is 0.445. The van der Waals surface area contributed by atoms with Crippen molar-refractivity contribution < 1.29 is 18.7 Å². The Labute approximate surface area is 205 Å². The van der Waals surface area contributed by atoms with Gasteiger partial charge in [0.2, 0.25) is 0 Å². The zero-order valence-electron chi connectivity index (χ0n) is 19.2. The molecule has 6 rings (SSSR count). The molecule has 4 aromatic rings. The van der Waals surface area contributed by atoms with Crippen LogP contribution in [0.15, 0.2) is 59.3 Å². The van der Waals surface area contributed by atoms with Crippen molar-refractivity contribution in [2.24, 2.45) is 0 Å². The van der Waals surface area contributed by atoms with Gasteiger partial charge in [0.25, 0.3) is 11.8 Å². The van der Waals surface area contributed by atoms with E-state index in [-0.39, 0.29) is 25.0 Å². The molecule has 1 fully saturated rings. The second kappa shape index (κ2) is 8.18. The van der Waals surface area contributed by atoms with E-state index in [1.54, 1.807) is 48.5 Å². The number of fused-ring (bicyclic) bond motifs is 2. The van der Waals surface area contributed by atoms with Crippen molar-refractivity contribution in [2.75, 3.05) is 20.3 Å². The third-order valence-electron chi connectivity index (χ3n) is 6.61. The molecule has 1 saturated heterocycles. The Hall–Kier alpha value is -4.75. The highest BCUT2D eigenvalue weighted by molar-refractivity contribution is 6.00. The van der Waals surface area contributed by atoms with Crippen molar-refractivity contribution in [1.82, 2.24) is 25.5 Å². The van der Waals surface area contributed by atoms with Gasteiger partial charge in [-0.1, -0.05) is 6.07 Å². The molecule has 5 heterocycles. The number of ether oxygens (including phenoxy) is 1. The molecule has 36 heavy (non-hydrogen) atoms. The van der Waals surface area contributed by atoms with Crippen LogP contribution in [-0.2, 0) is 16.9 Å². The molecule has 0 radical (unpaired) electrons. The van der Waals surface area contributed by atoms with Crippen molar-refractivity contribution in [2.45, 2.75) is 12.1 Å². The number of carbonyl (C=O) groups is 2. The summed E-state index contributed by atoms with van der Waals surface area (Å²) in [4.78, 5) is 36.7. The Balaban J connectivity index is 1.36. The molecule has 0 spiro atoms. The van der Waals surface area contributed by atoms with Crippen LogP contribution < -0.4 is 15.4 Å². The zero-order valence-corrected chi connectivity index (χ0v) is 19.2. The number of rotatable bonds is 5. The molecule has 0 bridgehead atoms. The Morgan fingerprint density at radius 3 is 2.86 bits per heavy atom. The molecule has 2 amide bonds. The lowest BCUT2D eigenvalue weighted by atomic mass is 9.95. The third-order valence-corrected chi connectivity index (χ3v) is 6.61. The molecule has 3 aromatic heterocycles. The minimum Gasteiger partial charge on any atom is -0.497 e. The fraction of sp³-hybridized carbons (Fsp3) is 0.192. The van der Waals surface area contributed by atoms with Gasteiger partial charge in [-0.2, -0.15) is 5.26 Å². The summed E-state index contributed by atoms with van der Waals surface area (Å²) in [5, 5.41) is 15.2. The number of aromatic nitrogens is 2. The first-order valence-corrected chi connectivity index (χ1v) is 11.3. The zero-order chi connectivity index (χ0) is 24.9. The number of carbonyl (C=O) groups excluding carboxylic acids is 2. The highest BCUT2D eigenvalue weighted by Crippen LogP contribution is 2.35. The van der Waals surface area contributed by atoms with Crippen LogP contribution in [0, 0.1) is 11.3 Å². The van der Waals surface area contributed by atoms with Crippen molar-refractivity contribution in [1.29, 1.82) is 5.26 Å². The van der Waals surface area contributed by atoms with Crippen LogP contribution in [0.2, 0.25) is 0 Å². The number of methoxy groups -OCH3 is 1. The van der Waals surface area contributed by atoms with Gasteiger partial charge in [-0.25, -0.2) is 4.98 Å². The van der Waals surface area contributed by atoms with Gasteiger partial charge < -0.3 is 19.4 Å². The Morgan fingerprint density at radius 2 is 2.08 bits per heavy atom. The molecule has 10 nitrogen and oxygen atoms in total. The lowest BCUT2D eigenvalue weighted by Gasteiger charge is -2.29. The van der Waals surface area contributed by atoms with Crippen LogP contribution in [0.1, 0.15) is 27.2 Å². The van der Waals surface area contributed by atoms with Crippen molar-refractivity contribution >= 4 is 22.9 Å². The Bertz CT molecular complexity index is 1590. The molecule has 1 aromatic carbocycles. The van der Waals surface area contributed by atoms with Gasteiger partial charge in [0.05, 0.1) is 31.6 Å². The SMILES string of the molecule is COc1ccc2c(c1)C(=O)N(CC1(c3cc4nc(-c5cncc(C#N)c5)ccc4o3)NCNC1=O)C2. The van der Waals surface area contributed by atoms with Crippen molar-refractivity contribution in [3.05, 3.63) is 77.3 Å². The van der Waals surface area contributed by atoms with Crippen LogP contribution >= 0.6 is 0 Å². The number of nitrogens with zero attached hydrogens (tertiary/aromatic N) is 4. The predicted octanol–water partition coefficient (Wildman–Crippen LogP) is 2.30. The lowest BCUT2D eigenvalue weighted by Crippen LogP contribution is -2.52. The number of furan rings is 1. The van der Waals surface area contributed by atoms with Gasteiger partial charge in [-0.05, 0) is 35.9 Å². The molecule has 178 valence electrons. The monoisotopic (exact) mass is 480 g/mol. The number of hydrogen-bond donors (Lipinski definition) is 2. The molecule has 2 aliphatic rings. The number of nitriles is 1. The summed E-state index contributed by atoms with van der Waals surface area (Å²) in [5.41, 5.74) is 2.96. The molecular formula is C26H20N6O4. The largest absolute Gasteiger partial charge is 0.497 e. The second-order valence-electron chi connectivity index (χ2n) is 8.71. The normalized spacial score (nSPS) is 18.8. The average Bonchev–Trinajstić information content (AvgIpc) is 3.59. The summed E-state index contributed by atoms with van der Waals surface area (Å²) in [5.74, 6) is 0.507. The van der Waals surface area contributed by atoms with E-state index in [9.17, 15) is 14.9 Å². The summed E-state index contributed by atoms with van der Waals surface area (Å²) in [6.45, 7) is 0.694. The van der Waals surface area contributed by atoms with Gasteiger partial charge >= 0.3 is 0 Å². The summed E-state index contributed by atoms with van der Waals surface area (Å²) >= 11 is 0. The van der Waals surface area contributed by atoms with Crippen LogP contribution in [0.4, 0.5) is 0 Å². The molecule has 10 heteroatoms. The first-order valence-electron chi connectivity index (χ1n) is 11.3. The van der Waals surface area contributed by atoms with E-state index < -0.39 is 5.54 Å². The smallest absolute Gasteiger partial charge is 0.254 e. The Kier molecular flexibility index (Phi) is 4.94. The standard InChI is InChI=1S/C26H20N6O4/c1-35-18-3-2-16-12-32(24(33)19(16)7-18)13-26(25(34)29-14-30-26)23-8-21-22(36-23)5-4-20(31-21)17-6-15(9-27)10-28-11-17/h2-8,10-11,30H,12-14H2,1H3,(H,29,34). The Morgan fingerprint density at radius 1 is 1.19 bits per heavy atom. The molecule has 2 aliphatic heterocycles. The van der Waals surface area contributed by atoms with Crippen LogP contribution in [0.5, 0.6) is 5.75 Å². The van der Waals surface area contributed by atoms with Crippen molar-refractivity contribution in [3.8, 4) is 23.1 Å². The highest BCUT2D eigenvalue weighted by atomic mass is 16.5. The first kappa shape index (κ1) is 21.8. The average molecular weight is 480 g/mol. The van der Waals surface area contributed by atoms with Gasteiger partial charge in [0.15, 0.2) is 11.1 Å². The van der Waals surface area contributed by atoms with Gasteiger partial charge in [-0.3, -0.25) is 19.9 Å². The molecule has 0 aliphatic carbocycles. The van der Waals surface area contributed by atoms with E-state index in [0.717, 1.165) is 5.56 Å². The number of hydrogen-bond acceptors (Lipinski definition) is 8. The topological polar surface area (TPSA) is 133 Å². The highest BCUT2D eigenvalue weighted by Gasteiger charge is 2.50. The van der Waals surface area contributed by atoms with E-state index in [2.05, 4.69) is 26.7 Å². The minimum atomic E-state index is -1.27. The van der Waals surface area contributed by atoms with Gasteiger partial charge in [0.1, 0.15) is 23.1 Å².